The molecule has 8 nitrogen and oxygen atoms in total. The highest BCUT2D eigenvalue weighted by molar-refractivity contribution is 7.89. The number of piperazine rings is 1. The van der Waals surface area contributed by atoms with Crippen LogP contribution in [0.5, 0.6) is 11.5 Å². The lowest BCUT2D eigenvalue weighted by atomic mass is 10.1. The number of benzene rings is 2. The Morgan fingerprint density at radius 3 is 2.38 bits per heavy atom. The molecule has 2 aliphatic heterocycles. The van der Waals surface area contributed by atoms with Gasteiger partial charge in [-0.2, -0.15) is 4.31 Å². The van der Waals surface area contributed by atoms with Gasteiger partial charge in [0.2, 0.25) is 15.9 Å². The minimum Gasteiger partial charge on any atom is -0.493 e. The van der Waals surface area contributed by atoms with Crippen molar-refractivity contribution < 1.29 is 22.7 Å². The van der Waals surface area contributed by atoms with Crippen LogP contribution in [0.15, 0.2) is 47.4 Å². The number of hydrogen-bond acceptors (Lipinski definition) is 6. The third-order valence-electron chi connectivity index (χ3n) is 6.24. The Morgan fingerprint density at radius 2 is 1.69 bits per heavy atom. The number of para-hydroxylation sites is 1. The van der Waals surface area contributed by atoms with Crippen LogP contribution in [0.25, 0.3) is 0 Å². The number of ether oxygens (including phenoxy) is 2. The van der Waals surface area contributed by atoms with E-state index in [9.17, 15) is 13.2 Å². The monoisotopic (exact) mass is 459 g/mol. The molecule has 2 aromatic rings. The number of carbonyl (C=O) groups excluding carboxylic acids is 1. The average Bonchev–Trinajstić information content (AvgIpc) is 3.13. The molecular formula is C23H29N3O5S. The molecule has 0 radical (unpaired) electrons. The van der Waals surface area contributed by atoms with Crippen LogP contribution < -0.4 is 14.4 Å². The number of rotatable bonds is 6. The minimum atomic E-state index is -3.69. The predicted molar refractivity (Wildman–Crippen MR) is 122 cm³/mol. The first kappa shape index (κ1) is 22.4. The minimum absolute atomic E-state index is 0.0247. The Bertz CT molecular complexity index is 1100. The summed E-state index contributed by atoms with van der Waals surface area (Å²) >= 11 is 0. The summed E-state index contributed by atoms with van der Waals surface area (Å²) in [4.78, 5) is 17.0. The fourth-order valence-corrected chi connectivity index (χ4v) is 5.86. The largest absolute Gasteiger partial charge is 0.493 e. The first-order valence-corrected chi connectivity index (χ1v) is 12.1. The zero-order chi connectivity index (χ0) is 22.9. The van der Waals surface area contributed by atoms with Crippen LogP contribution in [0.4, 0.5) is 5.69 Å². The molecule has 0 saturated carbocycles. The third-order valence-corrected chi connectivity index (χ3v) is 8.13. The molecule has 0 aromatic heterocycles. The van der Waals surface area contributed by atoms with E-state index < -0.39 is 10.0 Å². The lowest BCUT2D eigenvalue weighted by molar-refractivity contribution is -0.130. The number of hydrogen-bond donors (Lipinski definition) is 0. The normalized spacial score (nSPS) is 19.0. The molecule has 2 aromatic carbocycles. The van der Waals surface area contributed by atoms with Gasteiger partial charge in [0, 0.05) is 44.0 Å². The highest BCUT2D eigenvalue weighted by Gasteiger charge is 2.33. The molecule has 1 fully saturated rings. The van der Waals surface area contributed by atoms with Gasteiger partial charge in [-0.15, -0.1) is 0 Å². The van der Waals surface area contributed by atoms with Crippen LogP contribution in [-0.4, -0.2) is 76.5 Å². The lowest BCUT2D eigenvalue weighted by Crippen LogP contribution is -2.53. The van der Waals surface area contributed by atoms with Gasteiger partial charge in [-0.3, -0.25) is 4.79 Å². The topological polar surface area (TPSA) is 79.4 Å². The van der Waals surface area contributed by atoms with Crippen molar-refractivity contribution in [3.8, 4) is 11.5 Å². The second kappa shape index (κ2) is 8.99. The van der Waals surface area contributed by atoms with E-state index in [-0.39, 0.29) is 29.9 Å². The van der Waals surface area contributed by atoms with E-state index in [1.807, 2.05) is 12.1 Å². The van der Waals surface area contributed by atoms with Gasteiger partial charge >= 0.3 is 0 Å². The molecule has 9 heteroatoms. The van der Waals surface area contributed by atoms with Gasteiger partial charge in [-0.1, -0.05) is 18.2 Å². The number of anilines is 1. The van der Waals surface area contributed by atoms with Gasteiger partial charge in [0.25, 0.3) is 0 Å². The molecule has 0 bridgehead atoms. The highest BCUT2D eigenvalue weighted by Crippen LogP contribution is 2.32. The zero-order valence-electron chi connectivity index (χ0n) is 18.7. The summed E-state index contributed by atoms with van der Waals surface area (Å²) in [6.07, 6.45) is 0.931. The maximum Gasteiger partial charge on any atom is 0.243 e. The maximum atomic E-state index is 13.1. The summed E-state index contributed by atoms with van der Waals surface area (Å²) in [5.41, 5.74) is 2.38. The summed E-state index contributed by atoms with van der Waals surface area (Å²) in [5, 5.41) is 0. The third kappa shape index (κ3) is 4.14. The van der Waals surface area contributed by atoms with Gasteiger partial charge in [0.1, 0.15) is 0 Å². The number of sulfonamides is 1. The molecule has 4 rings (SSSR count). The van der Waals surface area contributed by atoms with E-state index in [1.54, 1.807) is 11.0 Å². The Balaban J connectivity index is 1.40. The van der Waals surface area contributed by atoms with Crippen LogP contribution in [0.3, 0.4) is 0 Å². The van der Waals surface area contributed by atoms with E-state index in [0.717, 1.165) is 12.1 Å². The fourth-order valence-electron chi connectivity index (χ4n) is 4.42. The average molecular weight is 460 g/mol. The molecule has 0 spiro atoms. The van der Waals surface area contributed by atoms with Crippen LogP contribution in [0.2, 0.25) is 0 Å². The summed E-state index contributed by atoms with van der Waals surface area (Å²) in [7, 11) is -0.716. The summed E-state index contributed by atoms with van der Waals surface area (Å²) < 4.78 is 38.1. The molecule has 0 aliphatic carbocycles. The number of carbonyl (C=O) groups is 1. The van der Waals surface area contributed by atoms with Crippen molar-refractivity contribution in [1.82, 2.24) is 9.21 Å². The first-order valence-electron chi connectivity index (χ1n) is 10.7. The molecule has 1 atom stereocenters. The highest BCUT2D eigenvalue weighted by atomic mass is 32.2. The Labute approximate surface area is 189 Å². The van der Waals surface area contributed by atoms with Crippen molar-refractivity contribution in [3.05, 3.63) is 48.0 Å². The van der Waals surface area contributed by atoms with Crippen LogP contribution in [-0.2, 0) is 21.2 Å². The van der Waals surface area contributed by atoms with Crippen LogP contribution in [0, 0.1) is 0 Å². The molecule has 1 amide bonds. The molecular weight excluding hydrogens is 430 g/mol. The first-order chi connectivity index (χ1) is 15.3. The zero-order valence-corrected chi connectivity index (χ0v) is 19.5. The fraction of sp³-hybridized carbons (Fsp3) is 0.435. The Morgan fingerprint density at radius 1 is 1.00 bits per heavy atom. The molecule has 1 unspecified atom stereocenters. The number of amides is 1. The Kier molecular flexibility index (Phi) is 6.30. The van der Waals surface area contributed by atoms with E-state index in [1.165, 1.54) is 36.2 Å². The number of fused-ring (bicyclic) bond motifs is 1. The molecule has 2 heterocycles. The van der Waals surface area contributed by atoms with Crippen LogP contribution >= 0.6 is 0 Å². The summed E-state index contributed by atoms with van der Waals surface area (Å²) in [6, 6.07) is 13.0. The van der Waals surface area contributed by atoms with Gasteiger partial charge in [0.05, 0.1) is 25.7 Å². The van der Waals surface area contributed by atoms with Crippen molar-refractivity contribution in [3.63, 3.8) is 0 Å². The quantitative estimate of drug-likeness (QED) is 0.657. The molecule has 172 valence electrons. The van der Waals surface area contributed by atoms with Gasteiger partial charge in [-0.05, 0) is 37.1 Å². The van der Waals surface area contributed by atoms with Crippen molar-refractivity contribution in [2.45, 2.75) is 24.3 Å². The molecule has 32 heavy (non-hydrogen) atoms. The van der Waals surface area contributed by atoms with E-state index >= 15 is 0 Å². The summed E-state index contributed by atoms with van der Waals surface area (Å²) in [5.74, 6) is 0.860. The molecule has 0 N–H and O–H groups in total. The Hall–Kier alpha value is -2.78. The smallest absolute Gasteiger partial charge is 0.243 e. The molecule has 1 saturated heterocycles. The predicted octanol–water partition coefficient (Wildman–Crippen LogP) is 1.99. The van der Waals surface area contributed by atoms with Gasteiger partial charge in [-0.25, -0.2) is 8.42 Å². The maximum absolute atomic E-state index is 13.1. The SMILES string of the molecule is COc1ccc(S(=O)(=O)N2CCN(C(=O)CN3c4ccccc4CC3C)CC2)cc1OC. The van der Waals surface area contributed by atoms with Crippen LogP contribution in [0.1, 0.15) is 12.5 Å². The second-order valence-corrected chi connectivity index (χ2v) is 10.0. The standard InChI is InChI=1S/C23H29N3O5S/c1-17-14-18-6-4-5-7-20(18)26(17)16-23(27)24-10-12-25(13-11-24)32(28,29)19-8-9-21(30-2)22(15-19)31-3/h4-9,15,17H,10-14,16H2,1-3H3. The molecule has 2 aliphatic rings. The van der Waals surface area contributed by atoms with Crippen molar-refractivity contribution >= 4 is 21.6 Å². The number of nitrogens with zero attached hydrogens (tertiary/aromatic N) is 3. The van der Waals surface area contributed by atoms with E-state index in [2.05, 4.69) is 24.0 Å². The summed E-state index contributed by atoms with van der Waals surface area (Å²) in [6.45, 7) is 3.69. The lowest BCUT2D eigenvalue weighted by Gasteiger charge is -2.35. The second-order valence-electron chi connectivity index (χ2n) is 8.11. The van der Waals surface area contributed by atoms with Crippen molar-refractivity contribution in [1.29, 1.82) is 0 Å². The van der Waals surface area contributed by atoms with Gasteiger partial charge < -0.3 is 19.3 Å². The number of methoxy groups -OCH3 is 2. The van der Waals surface area contributed by atoms with E-state index in [4.69, 9.17) is 9.47 Å². The van der Waals surface area contributed by atoms with Gasteiger partial charge in [0.15, 0.2) is 11.5 Å². The van der Waals surface area contributed by atoms with E-state index in [0.29, 0.717) is 31.1 Å². The van der Waals surface area contributed by atoms with Crippen molar-refractivity contribution in [2.75, 3.05) is 51.8 Å². The van der Waals surface area contributed by atoms with Crippen molar-refractivity contribution in [2.24, 2.45) is 0 Å².